The first-order chi connectivity index (χ1) is 15.6. The topological polar surface area (TPSA) is 93.0 Å². The molecule has 2 aromatic carbocycles. The van der Waals surface area contributed by atoms with E-state index in [1.54, 1.807) is 4.90 Å². The Morgan fingerprint density at radius 2 is 1.88 bits per heavy atom. The fraction of sp³-hybridized carbons (Fsp3) is 0.348. The Morgan fingerprint density at radius 3 is 2.66 bits per heavy atom. The Bertz CT molecular complexity index is 1140. The van der Waals surface area contributed by atoms with Crippen LogP contribution in [-0.2, 0) is 4.79 Å². The molecule has 2 fully saturated rings. The summed E-state index contributed by atoms with van der Waals surface area (Å²) < 4.78 is 15.0. The Hall–Kier alpha value is -3.62. The van der Waals surface area contributed by atoms with Crippen molar-refractivity contribution in [3.05, 3.63) is 59.9 Å². The lowest BCUT2D eigenvalue weighted by Crippen LogP contribution is -2.43. The van der Waals surface area contributed by atoms with Crippen LogP contribution in [0.4, 0.5) is 10.1 Å². The third kappa shape index (κ3) is 4.23. The molecule has 1 N–H and O–H groups in total. The number of nitrogens with zero attached hydrogens (tertiary/aromatic N) is 5. The maximum Gasteiger partial charge on any atom is 0.253 e. The molecule has 32 heavy (non-hydrogen) atoms. The first-order valence-electron chi connectivity index (χ1n) is 10.8. The van der Waals surface area contributed by atoms with Crippen LogP contribution in [0.3, 0.4) is 0 Å². The van der Waals surface area contributed by atoms with E-state index in [4.69, 9.17) is 0 Å². The number of carbonyl (C=O) groups excluding carboxylic acids is 2. The molecule has 2 amide bonds. The number of nitrogens with one attached hydrogen (secondary N) is 1. The third-order valence-electron chi connectivity index (χ3n) is 5.94. The zero-order chi connectivity index (χ0) is 22.1. The smallest absolute Gasteiger partial charge is 0.253 e. The fourth-order valence-corrected chi connectivity index (χ4v) is 4.08. The van der Waals surface area contributed by atoms with E-state index < -0.39 is 0 Å². The highest BCUT2D eigenvalue weighted by Crippen LogP contribution is 2.36. The number of halogens is 1. The van der Waals surface area contributed by atoms with E-state index in [9.17, 15) is 14.0 Å². The summed E-state index contributed by atoms with van der Waals surface area (Å²) in [7, 11) is 0. The van der Waals surface area contributed by atoms with Gasteiger partial charge in [-0.25, -0.2) is 9.07 Å². The fourth-order valence-electron chi connectivity index (χ4n) is 4.08. The van der Waals surface area contributed by atoms with Gasteiger partial charge in [0.25, 0.3) is 5.91 Å². The molecule has 1 saturated carbocycles. The van der Waals surface area contributed by atoms with Crippen molar-refractivity contribution < 1.29 is 14.0 Å². The highest BCUT2D eigenvalue weighted by Gasteiger charge is 2.30. The third-order valence-corrected chi connectivity index (χ3v) is 5.94. The zero-order valence-electron chi connectivity index (χ0n) is 17.4. The molecule has 1 saturated heterocycles. The average Bonchev–Trinajstić information content (AvgIpc) is 3.55. The van der Waals surface area contributed by atoms with Gasteiger partial charge in [0.15, 0.2) is 5.82 Å². The molecule has 9 heteroatoms. The quantitative estimate of drug-likeness (QED) is 0.665. The molecule has 0 unspecified atom stereocenters. The van der Waals surface area contributed by atoms with Crippen LogP contribution < -0.4 is 5.32 Å². The number of hydrogen-bond acceptors (Lipinski definition) is 5. The summed E-state index contributed by atoms with van der Waals surface area (Å²) >= 11 is 0. The van der Waals surface area contributed by atoms with E-state index in [0.29, 0.717) is 42.6 Å². The van der Waals surface area contributed by atoms with Crippen molar-refractivity contribution in [1.29, 1.82) is 0 Å². The molecule has 0 spiro atoms. The average molecular weight is 434 g/mol. The van der Waals surface area contributed by atoms with Gasteiger partial charge in [-0.2, -0.15) is 0 Å². The number of piperidine rings is 1. The summed E-state index contributed by atoms with van der Waals surface area (Å²) in [5.41, 5.74) is 1.94. The van der Waals surface area contributed by atoms with E-state index in [0.717, 1.165) is 24.8 Å². The number of carbonyl (C=O) groups is 2. The van der Waals surface area contributed by atoms with Gasteiger partial charge >= 0.3 is 0 Å². The number of rotatable bonds is 5. The van der Waals surface area contributed by atoms with Crippen LogP contribution in [0.25, 0.3) is 11.4 Å². The summed E-state index contributed by atoms with van der Waals surface area (Å²) in [6.45, 7) is 0.918. The van der Waals surface area contributed by atoms with Crippen LogP contribution in [0.15, 0.2) is 48.5 Å². The minimum Gasteiger partial charge on any atom is -0.338 e. The van der Waals surface area contributed by atoms with E-state index >= 15 is 0 Å². The monoisotopic (exact) mass is 434 g/mol. The summed E-state index contributed by atoms with van der Waals surface area (Å²) in [5, 5.41) is 15.0. The minimum atomic E-state index is -0.383. The summed E-state index contributed by atoms with van der Waals surface area (Å²) in [6, 6.07) is 13.3. The molecule has 8 nitrogen and oxygen atoms in total. The standard InChI is InChI=1S/C23H23FN6O2/c24-18-8-6-15(7-9-18)23(32)29-12-2-4-17(14-29)22(31)25-19-5-1-3-16(13-19)21-26-27-28-30(21)20-10-11-20/h1,3,5-9,13,17,20H,2,4,10-12,14H2,(H,25,31)/t17-/m1/s1. The first kappa shape index (κ1) is 20.3. The molecule has 164 valence electrons. The zero-order valence-corrected chi connectivity index (χ0v) is 17.4. The van der Waals surface area contributed by atoms with Gasteiger partial charge in [0.2, 0.25) is 5.91 Å². The van der Waals surface area contributed by atoms with E-state index in [-0.39, 0.29) is 23.5 Å². The maximum absolute atomic E-state index is 13.2. The molecule has 3 aromatic rings. The van der Waals surface area contributed by atoms with Crippen molar-refractivity contribution in [1.82, 2.24) is 25.1 Å². The van der Waals surface area contributed by atoms with Gasteiger partial charge in [0.05, 0.1) is 12.0 Å². The SMILES string of the molecule is O=C(Nc1cccc(-c2nnnn2C2CC2)c1)[C@@H]1CCCN(C(=O)c2ccc(F)cc2)C1. The first-order valence-corrected chi connectivity index (χ1v) is 10.8. The van der Waals surface area contributed by atoms with Crippen LogP contribution in [0.2, 0.25) is 0 Å². The van der Waals surface area contributed by atoms with Gasteiger partial charge in [0, 0.05) is 29.9 Å². The van der Waals surface area contributed by atoms with Gasteiger partial charge < -0.3 is 10.2 Å². The van der Waals surface area contributed by atoms with Gasteiger partial charge in [-0.3, -0.25) is 9.59 Å². The number of anilines is 1. The molecule has 1 atom stereocenters. The van der Waals surface area contributed by atoms with Crippen LogP contribution >= 0.6 is 0 Å². The van der Waals surface area contributed by atoms with Gasteiger partial charge in [0.1, 0.15) is 5.82 Å². The molecule has 2 heterocycles. The Balaban J connectivity index is 1.26. The lowest BCUT2D eigenvalue weighted by molar-refractivity contribution is -0.121. The molecule has 1 aromatic heterocycles. The maximum atomic E-state index is 13.2. The van der Waals surface area contributed by atoms with Crippen molar-refractivity contribution in [3.63, 3.8) is 0 Å². The van der Waals surface area contributed by atoms with Crippen molar-refractivity contribution in [3.8, 4) is 11.4 Å². The van der Waals surface area contributed by atoms with E-state index in [1.807, 2.05) is 28.9 Å². The number of amides is 2. The highest BCUT2D eigenvalue weighted by molar-refractivity contribution is 5.96. The van der Waals surface area contributed by atoms with Crippen molar-refractivity contribution >= 4 is 17.5 Å². The Morgan fingerprint density at radius 1 is 1.06 bits per heavy atom. The number of hydrogen-bond donors (Lipinski definition) is 1. The second-order valence-electron chi connectivity index (χ2n) is 8.35. The number of tetrazole rings is 1. The second-order valence-corrected chi connectivity index (χ2v) is 8.35. The molecule has 1 aliphatic heterocycles. The van der Waals surface area contributed by atoms with Crippen LogP contribution in [-0.4, -0.2) is 50.0 Å². The Labute approximate surface area is 184 Å². The van der Waals surface area contributed by atoms with Crippen molar-refractivity contribution in [2.75, 3.05) is 18.4 Å². The van der Waals surface area contributed by atoms with E-state index in [1.165, 1.54) is 24.3 Å². The van der Waals surface area contributed by atoms with Crippen LogP contribution in [0.5, 0.6) is 0 Å². The number of aromatic nitrogens is 4. The molecule has 0 bridgehead atoms. The lowest BCUT2D eigenvalue weighted by atomic mass is 9.96. The van der Waals surface area contributed by atoms with E-state index in [2.05, 4.69) is 20.8 Å². The van der Waals surface area contributed by atoms with Crippen molar-refractivity contribution in [2.24, 2.45) is 5.92 Å². The summed E-state index contributed by atoms with van der Waals surface area (Å²) in [6.07, 6.45) is 3.59. The Kier molecular flexibility index (Phi) is 5.38. The number of likely N-dealkylation sites (tertiary alicyclic amines) is 1. The molecular weight excluding hydrogens is 411 g/mol. The molecule has 1 aliphatic carbocycles. The summed E-state index contributed by atoms with van der Waals surface area (Å²) in [4.78, 5) is 27.4. The molecular formula is C23H23FN6O2. The molecule has 0 radical (unpaired) electrons. The largest absolute Gasteiger partial charge is 0.338 e. The lowest BCUT2D eigenvalue weighted by Gasteiger charge is -2.32. The van der Waals surface area contributed by atoms with Gasteiger partial charge in [-0.05, 0) is 72.5 Å². The molecule has 2 aliphatic rings. The van der Waals surface area contributed by atoms with Crippen molar-refractivity contribution in [2.45, 2.75) is 31.7 Å². The van der Waals surface area contributed by atoms with Crippen LogP contribution in [0, 0.1) is 11.7 Å². The van der Waals surface area contributed by atoms with Gasteiger partial charge in [-0.1, -0.05) is 12.1 Å². The minimum absolute atomic E-state index is 0.124. The van der Waals surface area contributed by atoms with Gasteiger partial charge in [-0.15, -0.1) is 5.10 Å². The van der Waals surface area contributed by atoms with Crippen LogP contribution in [0.1, 0.15) is 42.1 Å². The highest BCUT2D eigenvalue weighted by atomic mass is 19.1. The summed E-state index contributed by atoms with van der Waals surface area (Å²) in [5.74, 6) is -0.311. The predicted molar refractivity (Wildman–Crippen MR) is 115 cm³/mol. The number of benzene rings is 2. The predicted octanol–water partition coefficient (Wildman–Crippen LogP) is 3.31. The second kappa shape index (κ2) is 8.49. The molecule has 5 rings (SSSR count). The normalized spacial score (nSPS) is 18.4.